The maximum absolute atomic E-state index is 6.06. The lowest BCUT2D eigenvalue weighted by molar-refractivity contribution is 0.414. The van der Waals surface area contributed by atoms with Crippen molar-refractivity contribution in [2.45, 2.75) is 0 Å². The number of nitrogens with zero attached hydrogens (tertiary/aromatic N) is 2. The summed E-state index contributed by atoms with van der Waals surface area (Å²) in [5.41, 5.74) is 8.60. The lowest BCUT2D eigenvalue weighted by atomic mass is 10.2. The predicted molar refractivity (Wildman–Crippen MR) is 78.6 cm³/mol. The van der Waals surface area contributed by atoms with Gasteiger partial charge in [-0.2, -0.15) is 0 Å². The SMILES string of the molecule is COc1cccc(-n2c(N)nc3c(OC)cccc32)c1. The number of ether oxygens (including phenoxy) is 2. The zero-order valence-electron chi connectivity index (χ0n) is 11.3. The molecule has 3 rings (SSSR count). The van der Waals surface area contributed by atoms with Crippen molar-refractivity contribution < 1.29 is 9.47 Å². The molecule has 0 saturated carbocycles. The van der Waals surface area contributed by atoms with E-state index >= 15 is 0 Å². The van der Waals surface area contributed by atoms with Crippen molar-refractivity contribution in [3.05, 3.63) is 42.5 Å². The monoisotopic (exact) mass is 269 g/mol. The Labute approximate surface area is 116 Å². The van der Waals surface area contributed by atoms with Gasteiger partial charge in [-0.1, -0.05) is 12.1 Å². The maximum atomic E-state index is 6.06. The van der Waals surface area contributed by atoms with Gasteiger partial charge in [0.15, 0.2) is 0 Å². The summed E-state index contributed by atoms with van der Waals surface area (Å²) in [7, 11) is 3.26. The average Bonchev–Trinajstić information content (AvgIpc) is 2.83. The predicted octanol–water partition coefficient (Wildman–Crippen LogP) is 2.62. The van der Waals surface area contributed by atoms with E-state index < -0.39 is 0 Å². The van der Waals surface area contributed by atoms with Gasteiger partial charge in [-0.15, -0.1) is 0 Å². The molecule has 0 unspecified atom stereocenters. The van der Waals surface area contributed by atoms with Gasteiger partial charge < -0.3 is 15.2 Å². The molecular weight excluding hydrogens is 254 g/mol. The Morgan fingerprint density at radius 3 is 2.60 bits per heavy atom. The van der Waals surface area contributed by atoms with Crippen LogP contribution in [0.5, 0.6) is 11.5 Å². The molecule has 102 valence electrons. The second-order valence-electron chi connectivity index (χ2n) is 4.33. The van der Waals surface area contributed by atoms with Crippen LogP contribution < -0.4 is 15.2 Å². The summed E-state index contributed by atoms with van der Waals surface area (Å²) >= 11 is 0. The number of nitrogen functional groups attached to an aromatic ring is 1. The number of aromatic nitrogens is 2. The van der Waals surface area contributed by atoms with E-state index in [1.54, 1.807) is 14.2 Å². The molecule has 0 aliphatic carbocycles. The second kappa shape index (κ2) is 4.77. The number of hydrogen-bond donors (Lipinski definition) is 1. The van der Waals surface area contributed by atoms with Gasteiger partial charge in [-0.25, -0.2) is 4.98 Å². The van der Waals surface area contributed by atoms with E-state index in [-0.39, 0.29) is 0 Å². The van der Waals surface area contributed by atoms with Crippen LogP contribution in [0.3, 0.4) is 0 Å². The normalized spacial score (nSPS) is 10.7. The Kier molecular flexibility index (Phi) is 2.95. The molecule has 1 heterocycles. The van der Waals surface area contributed by atoms with Gasteiger partial charge in [-0.05, 0) is 24.3 Å². The smallest absolute Gasteiger partial charge is 0.206 e. The molecule has 20 heavy (non-hydrogen) atoms. The first-order valence-electron chi connectivity index (χ1n) is 6.20. The molecule has 0 amide bonds. The molecule has 0 aliphatic rings. The van der Waals surface area contributed by atoms with Crippen LogP contribution in [0, 0.1) is 0 Å². The first-order valence-corrected chi connectivity index (χ1v) is 6.20. The van der Waals surface area contributed by atoms with Gasteiger partial charge in [0.1, 0.15) is 17.0 Å². The minimum absolute atomic E-state index is 0.415. The second-order valence-corrected chi connectivity index (χ2v) is 4.33. The molecule has 3 aromatic rings. The third-order valence-corrected chi connectivity index (χ3v) is 3.21. The zero-order chi connectivity index (χ0) is 14.1. The first-order chi connectivity index (χ1) is 9.74. The van der Waals surface area contributed by atoms with E-state index in [0.29, 0.717) is 11.7 Å². The Hall–Kier alpha value is -2.69. The number of rotatable bonds is 3. The highest BCUT2D eigenvalue weighted by molar-refractivity contribution is 5.86. The molecular formula is C15H15N3O2. The molecule has 0 radical (unpaired) electrons. The quantitative estimate of drug-likeness (QED) is 0.794. The van der Waals surface area contributed by atoms with Crippen molar-refractivity contribution in [1.29, 1.82) is 0 Å². The van der Waals surface area contributed by atoms with Gasteiger partial charge >= 0.3 is 0 Å². The third-order valence-electron chi connectivity index (χ3n) is 3.21. The van der Waals surface area contributed by atoms with Crippen molar-refractivity contribution in [1.82, 2.24) is 9.55 Å². The minimum Gasteiger partial charge on any atom is -0.497 e. The van der Waals surface area contributed by atoms with Crippen molar-refractivity contribution in [3.8, 4) is 17.2 Å². The van der Waals surface area contributed by atoms with Crippen LogP contribution in [-0.2, 0) is 0 Å². The fraction of sp³-hybridized carbons (Fsp3) is 0.133. The molecule has 0 spiro atoms. The molecule has 0 fully saturated rings. The molecule has 2 N–H and O–H groups in total. The summed E-state index contributed by atoms with van der Waals surface area (Å²) in [5, 5.41) is 0. The van der Waals surface area contributed by atoms with Gasteiger partial charge in [0.25, 0.3) is 0 Å². The highest BCUT2D eigenvalue weighted by Crippen LogP contribution is 2.30. The summed E-state index contributed by atoms with van der Waals surface area (Å²) < 4.78 is 12.4. The lowest BCUT2D eigenvalue weighted by Crippen LogP contribution is -2.00. The lowest BCUT2D eigenvalue weighted by Gasteiger charge is -2.08. The number of nitrogens with two attached hydrogens (primary N) is 1. The zero-order valence-corrected chi connectivity index (χ0v) is 11.3. The highest BCUT2D eigenvalue weighted by atomic mass is 16.5. The van der Waals surface area contributed by atoms with E-state index in [4.69, 9.17) is 15.2 Å². The van der Waals surface area contributed by atoms with Crippen molar-refractivity contribution in [2.75, 3.05) is 20.0 Å². The first kappa shape index (κ1) is 12.3. The van der Waals surface area contributed by atoms with Crippen LogP contribution in [0.4, 0.5) is 5.95 Å². The van der Waals surface area contributed by atoms with Crippen LogP contribution in [0.25, 0.3) is 16.7 Å². The molecule has 0 atom stereocenters. The van der Waals surface area contributed by atoms with Crippen LogP contribution in [0.2, 0.25) is 0 Å². The van der Waals surface area contributed by atoms with Crippen molar-refractivity contribution >= 4 is 17.0 Å². The summed E-state index contributed by atoms with van der Waals surface area (Å²) in [6.45, 7) is 0. The number of hydrogen-bond acceptors (Lipinski definition) is 4. The van der Waals surface area contributed by atoms with Crippen LogP contribution >= 0.6 is 0 Å². The summed E-state index contributed by atoms with van der Waals surface area (Å²) in [5.74, 6) is 1.89. The molecule has 1 aromatic heterocycles. The van der Waals surface area contributed by atoms with Crippen LogP contribution in [0.15, 0.2) is 42.5 Å². The largest absolute Gasteiger partial charge is 0.497 e. The van der Waals surface area contributed by atoms with Gasteiger partial charge in [0, 0.05) is 6.07 Å². The molecule has 0 aliphatic heterocycles. The summed E-state index contributed by atoms with van der Waals surface area (Å²) in [6.07, 6.45) is 0. The van der Waals surface area contributed by atoms with E-state index in [1.165, 1.54) is 0 Å². The standard InChI is InChI=1S/C15H15N3O2/c1-19-11-6-3-5-10(9-11)18-12-7-4-8-13(20-2)14(12)17-15(18)16/h3-9H,1-2H3,(H2,16,17). The average molecular weight is 269 g/mol. The van der Waals surface area contributed by atoms with Crippen LogP contribution in [-0.4, -0.2) is 23.8 Å². The molecule has 2 aromatic carbocycles. The fourth-order valence-electron chi connectivity index (χ4n) is 2.28. The Morgan fingerprint density at radius 1 is 1.05 bits per heavy atom. The van der Waals surface area contributed by atoms with Crippen molar-refractivity contribution in [2.24, 2.45) is 0 Å². The Balaban J connectivity index is 2.28. The van der Waals surface area contributed by atoms with E-state index in [0.717, 1.165) is 22.5 Å². The van der Waals surface area contributed by atoms with Crippen LogP contribution in [0.1, 0.15) is 0 Å². The Bertz CT molecular complexity index is 765. The number of anilines is 1. The third kappa shape index (κ3) is 1.84. The number of methoxy groups -OCH3 is 2. The van der Waals surface area contributed by atoms with Gasteiger partial charge in [-0.3, -0.25) is 4.57 Å². The number of fused-ring (bicyclic) bond motifs is 1. The molecule has 0 saturated heterocycles. The van der Waals surface area contributed by atoms with E-state index in [2.05, 4.69) is 4.98 Å². The van der Waals surface area contributed by atoms with E-state index in [9.17, 15) is 0 Å². The molecule has 5 nitrogen and oxygen atoms in total. The Morgan fingerprint density at radius 2 is 1.85 bits per heavy atom. The van der Waals surface area contributed by atoms with Crippen molar-refractivity contribution in [3.63, 3.8) is 0 Å². The van der Waals surface area contributed by atoms with E-state index in [1.807, 2.05) is 47.0 Å². The summed E-state index contributed by atoms with van der Waals surface area (Å²) in [4.78, 5) is 4.39. The number of benzene rings is 2. The highest BCUT2D eigenvalue weighted by Gasteiger charge is 2.13. The van der Waals surface area contributed by atoms with Gasteiger partial charge in [0.05, 0.1) is 25.4 Å². The molecule has 0 bridgehead atoms. The summed E-state index contributed by atoms with van der Waals surface area (Å²) in [6, 6.07) is 13.4. The van der Waals surface area contributed by atoms with Gasteiger partial charge in [0.2, 0.25) is 5.95 Å². The fourth-order valence-corrected chi connectivity index (χ4v) is 2.28. The number of imidazole rings is 1. The minimum atomic E-state index is 0.415. The molecule has 5 heteroatoms. The number of para-hydroxylation sites is 1. The topological polar surface area (TPSA) is 62.3 Å². The maximum Gasteiger partial charge on any atom is 0.206 e.